The Morgan fingerprint density at radius 3 is 2.52 bits per heavy atom. The Labute approximate surface area is 130 Å². The number of nitrogens with zero attached hydrogens (tertiary/aromatic N) is 2. The lowest BCUT2D eigenvalue weighted by molar-refractivity contribution is 0.297. The van der Waals surface area contributed by atoms with Crippen molar-refractivity contribution in [1.29, 1.82) is 0 Å². The predicted molar refractivity (Wildman–Crippen MR) is 84.6 cm³/mol. The van der Waals surface area contributed by atoms with Gasteiger partial charge in [-0.05, 0) is 45.8 Å². The summed E-state index contributed by atoms with van der Waals surface area (Å²) < 4.78 is 11.5. The van der Waals surface area contributed by atoms with Crippen molar-refractivity contribution in [3.8, 4) is 11.6 Å². The van der Waals surface area contributed by atoms with Crippen molar-refractivity contribution >= 4 is 26.8 Å². The molecule has 0 fully saturated rings. The van der Waals surface area contributed by atoms with Crippen molar-refractivity contribution in [2.24, 2.45) is 0 Å². The highest BCUT2D eigenvalue weighted by molar-refractivity contribution is 9.10. The van der Waals surface area contributed by atoms with E-state index in [-0.39, 0.29) is 0 Å². The molecule has 0 saturated carbocycles. The smallest absolute Gasteiger partial charge is 0.225 e. The minimum absolute atomic E-state index is 0.442. The molecule has 0 aliphatic rings. The van der Waals surface area contributed by atoms with Gasteiger partial charge in [-0.15, -0.1) is 0 Å². The maximum atomic E-state index is 5.84. The molecule has 0 aliphatic heterocycles. The predicted octanol–water partition coefficient (Wildman–Crippen LogP) is 3.98. The van der Waals surface area contributed by atoms with E-state index in [0.717, 1.165) is 22.2 Å². The molecule has 1 aromatic heterocycles. The standard InChI is InChI=1S/C16H13BrN2O2/c1-20-12-8-6-11(7-9-12)10-21-15-13-4-2-3-5-14(13)18-16(17)19-15/h2-9H,10H2,1H3. The van der Waals surface area contributed by atoms with Crippen LogP contribution >= 0.6 is 15.9 Å². The van der Waals surface area contributed by atoms with E-state index in [2.05, 4.69) is 25.9 Å². The molecule has 2 aromatic carbocycles. The van der Waals surface area contributed by atoms with Gasteiger partial charge in [0.05, 0.1) is 18.0 Å². The summed E-state index contributed by atoms with van der Waals surface area (Å²) in [5.74, 6) is 1.40. The number of ether oxygens (including phenoxy) is 2. The first-order chi connectivity index (χ1) is 10.3. The van der Waals surface area contributed by atoms with E-state index in [9.17, 15) is 0 Å². The van der Waals surface area contributed by atoms with Gasteiger partial charge in [-0.3, -0.25) is 0 Å². The monoisotopic (exact) mass is 344 g/mol. The van der Waals surface area contributed by atoms with Gasteiger partial charge in [0.2, 0.25) is 10.6 Å². The summed E-state index contributed by atoms with van der Waals surface area (Å²) in [6.45, 7) is 0.442. The van der Waals surface area contributed by atoms with Crippen LogP contribution in [0.25, 0.3) is 10.9 Å². The van der Waals surface area contributed by atoms with Crippen molar-refractivity contribution in [1.82, 2.24) is 9.97 Å². The fourth-order valence-electron chi connectivity index (χ4n) is 2.00. The van der Waals surface area contributed by atoms with Gasteiger partial charge in [-0.2, -0.15) is 4.98 Å². The van der Waals surface area contributed by atoms with Crippen LogP contribution in [0.3, 0.4) is 0 Å². The van der Waals surface area contributed by atoms with Crippen LogP contribution in [0.4, 0.5) is 0 Å². The molecule has 1 heterocycles. The second-order valence-electron chi connectivity index (χ2n) is 4.45. The molecule has 3 aromatic rings. The van der Waals surface area contributed by atoms with Crippen molar-refractivity contribution in [3.63, 3.8) is 0 Å². The zero-order valence-corrected chi connectivity index (χ0v) is 13.0. The molecule has 0 bridgehead atoms. The third kappa shape index (κ3) is 3.13. The van der Waals surface area contributed by atoms with E-state index in [1.807, 2.05) is 48.5 Å². The number of hydrogen-bond donors (Lipinski definition) is 0. The van der Waals surface area contributed by atoms with E-state index in [4.69, 9.17) is 9.47 Å². The maximum Gasteiger partial charge on any atom is 0.225 e. The fraction of sp³-hybridized carbons (Fsp3) is 0.125. The van der Waals surface area contributed by atoms with Crippen molar-refractivity contribution < 1.29 is 9.47 Å². The largest absolute Gasteiger partial charge is 0.497 e. The zero-order valence-electron chi connectivity index (χ0n) is 11.4. The van der Waals surface area contributed by atoms with E-state index in [0.29, 0.717) is 17.2 Å². The fourth-order valence-corrected chi connectivity index (χ4v) is 2.36. The number of rotatable bonds is 4. The second kappa shape index (κ2) is 6.10. The SMILES string of the molecule is COc1ccc(COc2nc(Br)nc3ccccc23)cc1. The lowest BCUT2D eigenvalue weighted by atomic mass is 10.2. The molecule has 0 unspecified atom stereocenters. The van der Waals surface area contributed by atoms with Crippen LogP contribution < -0.4 is 9.47 Å². The number of hydrogen-bond acceptors (Lipinski definition) is 4. The van der Waals surface area contributed by atoms with E-state index in [1.165, 1.54) is 0 Å². The third-order valence-electron chi connectivity index (χ3n) is 3.08. The number of aromatic nitrogens is 2. The van der Waals surface area contributed by atoms with E-state index < -0.39 is 0 Å². The molecule has 0 radical (unpaired) electrons. The maximum absolute atomic E-state index is 5.84. The highest BCUT2D eigenvalue weighted by atomic mass is 79.9. The first-order valence-corrected chi connectivity index (χ1v) is 7.23. The lowest BCUT2D eigenvalue weighted by Gasteiger charge is -2.09. The molecule has 106 valence electrons. The number of methoxy groups -OCH3 is 1. The van der Waals surface area contributed by atoms with Crippen LogP contribution in [-0.4, -0.2) is 17.1 Å². The first-order valence-electron chi connectivity index (χ1n) is 6.44. The Kier molecular flexibility index (Phi) is 4.01. The minimum atomic E-state index is 0.442. The average molecular weight is 345 g/mol. The van der Waals surface area contributed by atoms with Gasteiger partial charge in [0.15, 0.2) is 0 Å². The second-order valence-corrected chi connectivity index (χ2v) is 5.16. The van der Waals surface area contributed by atoms with Gasteiger partial charge in [0, 0.05) is 0 Å². The van der Waals surface area contributed by atoms with Gasteiger partial charge in [0.25, 0.3) is 0 Å². The molecule has 0 atom stereocenters. The molecular weight excluding hydrogens is 332 g/mol. The zero-order chi connectivity index (χ0) is 14.7. The summed E-state index contributed by atoms with van der Waals surface area (Å²) in [7, 11) is 1.65. The van der Waals surface area contributed by atoms with Crippen LogP contribution in [0.1, 0.15) is 5.56 Å². The first kappa shape index (κ1) is 13.8. The van der Waals surface area contributed by atoms with Crippen LogP contribution in [0, 0.1) is 0 Å². The summed E-state index contributed by atoms with van der Waals surface area (Å²) in [6, 6.07) is 15.5. The van der Waals surface area contributed by atoms with Crippen LogP contribution in [-0.2, 0) is 6.61 Å². The average Bonchev–Trinajstić information content (AvgIpc) is 2.53. The van der Waals surface area contributed by atoms with Gasteiger partial charge in [0.1, 0.15) is 12.4 Å². The minimum Gasteiger partial charge on any atom is -0.497 e. The van der Waals surface area contributed by atoms with Crippen LogP contribution in [0.5, 0.6) is 11.6 Å². The molecule has 5 heteroatoms. The molecule has 0 amide bonds. The number of para-hydroxylation sites is 1. The molecule has 0 N–H and O–H groups in total. The van der Waals surface area contributed by atoms with Crippen molar-refractivity contribution in [2.75, 3.05) is 7.11 Å². The Hall–Kier alpha value is -2.14. The normalized spacial score (nSPS) is 10.6. The van der Waals surface area contributed by atoms with Crippen molar-refractivity contribution in [2.45, 2.75) is 6.61 Å². The quantitative estimate of drug-likeness (QED) is 0.671. The number of fused-ring (bicyclic) bond motifs is 1. The van der Waals surface area contributed by atoms with E-state index >= 15 is 0 Å². The molecule has 0 aliphatic carbocycles. The van der Waals surface area contributed by atoms with Gasteiger partial charge < -0.3 is 9.47 Å². The van der Waals surface area contributed by atoms with Crippen molar-refractivity contribution in [3.05, 3.63) is 58.8 Å². The van der Waals surface area contributed by atoms with Gasteiger partial charge in [-0.1, -0.05) is 24.3 Å². The molecule has 0 saturated heterocycles. The molecule has 3 rings (SSSR count). The summed E-state index contributed by atoms with van der Waals surface area (Å²) in [4.78, 5) is 8.63. The molecule has 4 nitrogen and oxygen atoms in total. The molecular formula is C16H13BrN2O2. The molecule has 21 heavy (non-hydrogen) atoms. The summed E-state index contributed by atoms with van der Waals surface area (Å²) in [5.41, 5.74) is 1.90. The number of halogens is 1. The highest BCUT2D eigenvalue weighted by Gasteiger charge is 2.07. The topological polar surface area (TPSA) is 44.2 Å². The van der Waals surface area contributed by atoms with E-state index in [1.54, 1.807) is 7.11 Å². The highest BCUT2D eigenvalue weighted by Crippen LogP contribution is 2.25. The van der Waals surface area contributed by atoms with Crippen LogP contribution in [0.2, 0.25) is 0 Å². The lowest BCUT2D eigenvalue weighted by Crippen LogP contribution is -1.99. The Morgan fingerprint density at radius 1 is 1.00 bits per heavy atom. The van der Waals surface area contributed by atoms with Crippen LogP contribution in [0.15, 0.2) is 53.3 Å². The molecule has 0 spiro atoms. The Morgan fingerprint density at radius 2 is 1.76 bits per heavy atom. The Bertz CT molecular complexity index is 760. The third-order valence-corrected chi connectivity index (χ3v) is 3.43. The summed E-state index contributed by atoms with van der Waals surface area (Å²) in [5, 5.41) is 0.897. The Balaban J connectivity index is 1.84. The summed E-state index contributed by atoms with van der Waals surface area (Å²) >= 11 is 3.31. The summed E-state index contributed by atoms with van der Waals surface area (Å²) in [6.07, 6.45) is 0. The van der Waals surface area contributed by atoms with Gasteiger partial charge in [-0.25, -0.2) is 4.98 Å². The van der Waals surface area contributed by atoms with Gasteiger partial charge >= 0.3 is 0 Å². The number of benzene rings is 2.